The first-order valence-electron chi connectivity index (χ1n) is 8.11. The van der Waals surface area contributed by atoms with Crippen LogP contribution in [0.4, 0.5) is 5.69 Å². The van der Waals surface area contributed by atoms with Crippen LogP contribution in [0.2, 0.25) is 0 Å². The van der Waals surface area contributed by atoms with Crippen LogP contribution in [0.3, 0.4) is 0 Å². The normalized spacial score (nSPS) is 11.0. The van der Waals surface area contributed by atoms with Crippen molar-refractivity contribution in [3.8, 4) is 22.5 Å². The molecule has 1 aliphatic heterocycles. The second-order valence-corrected chi connectivity index (χ2v) is 6.17. The third kappa shape index (κ3) is 2.73. The largest absolute Gasteiger partial charge is 0.478 e. The number of nitrogen functional groups attached to an aromatic ring is 1. The van der Waals surface area contributed by atoms with Crippen LogP contribution in [0.1, 0.15) is 20.7 Å². The molecule has 6 nitrogen and oxygen atoms in total. The minimum absolute atomic E-state index is 0.0705. The highest BCUT2D eigenvalue weighted by Crippen LogP contribution is 2.41. The molecule has 0 amide bonds. The van der Waals surface area contributed by atoms with Crippen LogP contribution in [0, 0.1) is 5.41 Å². The number of nitrogens with one attached hydrogen (secondary N) is 1. The number of aldehydes is 1. The summed E-state index contributed by atoms with van der Waals surface area (Å²) < 4.78 is 5.91. The van der Waals surface area contributed by atoms with Crippen LogP contribution in [-0.4, -0.2) is 17.4 Å². The lowest BCUT2D eigenvalue weighted by atomic mass is 9.89. The number of rotatable bonds is 3. The smallest absolute Gasteiger partial charge is 0.336 e. The molecule has 0 fully saturated rings. The van der Waals surface area contributed by atoms with E-state index in [1.165, 1.54) is 12.1 Å². The van der Waals surface area contributed by atoms with Crippen LogP contribution in [0.15, 0.2) is 59.0 Å². The molecule has 0 unspecified atom stereocenters. The Bertz CT molecular complexity index is 1260. The summed E-state index contributed by atoms with van der Waals surface area (Å²) in [7, 11) is 0. The van der Waals surface area contributed by atoms with Gasteiger partial charge in [0.05, 0.1) is 10.9 Å². The molecule has 0 saturated carbocycles. The average Bonchev–Trinajstić information content (AvgIpc) is 2.65. The Morgan fingerprint density at radius 2 is 1.85 bits per heavy atom. The van der Waals surface area contributed by atoms with E-state index in [4.69, 9.17) is 15.6 Å². The lowest BCUT2D eigenvalue weighted by Gasteiger charge is -2.17. The minimum Gasteiger partial charge on any atom is -0.478 e. The predicted octanol–water partition coefficient (Wildman–Crippen LogP) is 3.78. The van der Waals surface area contributed by atoms with Gasteiger partial charge in [-0.2, -0.15) is 0 Å². The summed E-state index contributed by atoms with van der Waals surface area (Å²) in [5, 5.41) is 18.4. The summed E-state index contributed by atoms with van der Waals surface area (Å²) in [6, 6.07) is 14.4. The second-order valence-electron chi connectivity index (χ2n) is 6.17. The van der Waals surface area contributed by atoms with Gasteiger partial charge in [-0.15, -0.1) is 0 Å². The monoisotopic (exact) mass is 358 g/mol. The number of carboxylic acid groups (broad SMARTS) is 1. The zero-order valence-electron chi connectivity index (χ0n) is 14.0. The van der Waals surface area contributed by atoms with Crippen molar-refractivity contribution in [2.75, 3.05) is 5.73 Å². The zero-order valence-corrected chi connectivity index (χ0v) is 14.0. The fourth-order valence-corrected chi connectivity index (χ4v) is 3.23. The van der Waals surface area contributed by atoms with Gasteiger partial charge in [0.2, 0.25) is 0 Å². The number of hydrogen-bond donors (Lipinski definition) is 3. The van der Waals surface area contributed by atoms with Crippen molar-refractivity contribution in [1.29, 1.82) is 5.41 Å². The number of aromatic carboxylic acids is 1. The van der Waals surface area contributed by atoms with Gasteiger partial charge in [0.1, 0.15) is 17.6 Å². The van der Waals surface area contributed by atoms with E-state index < -0.39 is 5.97 Å². The van der Waals surface area contributed by atoms with Crippen LogP contribution in [-0.2, 0) is 0 Å². The highest BCUT2D eigenvalue weighted by Gasteiger charge is 2.21. The predicted molar refractivity (Wildman–Crippen MR) is 101 cm³/mol. The Labute approximate surface area is 153 Å². The molecule has 2 aromatic rings. The van der Waals surface area contributed by atoms with E-state index in [1.807, 2.05) is 0 Å². The average molecular weight is 358 g/mol. The van der Waals surface area contributed by atoms with E-state index in [2.05, 4.69) is 0 Å². The number of carboxylic acids is 1. The second kappa shape index (κ2) is 6.10. The minimum atomic E-state index is -1.10. The molecule has 0 atom stereocenters. The Balaban J connectivity index is 2.23. The van der Waals surface area contributed by atoms with E-state index >= 15 is 0 Å². The molecule has 0 bridgehead atoms. The van der Waals surface area contributed by atoms with E-state index in [9.17, 15) is 14.7 Å². The fraction of sp³-hybridized carbons (Fsp3) is 0. The first kappa shape index (κ1) is 16.5. The van der Waals surface area contributed by atoms with Crippen molar-refractivity contribution in [2.24, 2.45) is 0 Å². The third-order valence-corrected chi connectivity index (χ3v) is 4.43. The highest BCUT2D eigenvalue weighted by molar-refractivity contribution is 6.08. The maximum atomic E-state index is 11.8. The van der Waals surface area contributed by atoms with Gasteiger partial charge in [0, 0.05) is 39.9 Å². The van der Waals surface area contributed by atoms with Crippen molar-refractivity contribution in [2.45, 2.75) is 0 Å². The van der Waals surface area contributed by atoms with Crippen LogP contribution >= 0.6 is 0 Å². The van der Waals surface area contributed by atoms with Gasteiger partial charge in [0.25, 0.3) is 0 Å². The van der Waals surface area contributed by atoms with Crippen LogP contribution < -0.4 is 11.1 Å². The maximum Gasteiger partial charge on any atom is 0.336 e. The van der Waals surface area contributed by atoms with Gasteiger partial charge in [-0.25, -0.2) is 4.79 Å². The van der Waals surface area contributed by atoms with E-state index in [-0.39, 0.29) is 10.9 Å². The topological polar surface area (TPSA) is 117 Å². The Hall–Kier alpha value is -3.93. The Morgan fingerprint density at radius 3 is 2.59 bits per heavy atom. The first-order chi connectivity index (χ1) is 13.0. The molecule has 27 heavy (non-hydrogen) atoms. The SMILES string of the molecule is N=c1ccc2c(-c3cc(C=O)ccc3C(=O)O)c3ccc(N)cc3oc-2c1. The molecular formula is C21H14N2O4. The molecule has 4 N–H and O–H groups in total. The summed E-state index contributed by atoms with van der Waals surface area (Å²) in [5.41, 5.74) is 8.94. The van der Waals surface area contributed by atoms with E-state index in [0.717, 1.165) is 0 Å². The molecule has 4 rings (SSSR count). The summed E-state index contributed by atoms with van der Waals surface area (Å²) in [6.07, 6.45) is 0.673. The first-order valence-corrected chi connectivity index (χ1v) is 8.11. The highest BCUT2D eigenvalue weighted by atomic mass is 16.4. The quantitative estimate of drug-likeness (QED) is 0.293. The molecule has 6 heteroatoms. The number of carbonyl (C=O) groups excluding carboxylic acids is 1. The number of carbonyl (C=O) groups is 2. The number of fused-ring (bicyclic) bond motifs is 2. The van der Waals surface area contributed by atoms with Gasteiger partial charge in [-0.05, 0) is 42.0 Å². The fourth-order valence-electron chi connectivity index (χ4n) is 3.23. The molecule has 1 aliphatic carbocycles. The van der Waals surface area contributed by atoms with Crippen molar-refractivity contribution < 1.29 is 19.1 Å². The molecule has 1 heterocycles. The number of benzene rings is 3. The summed E-state index contributed by atoms with van der Waals surface area (Å²) in [6.45, 7) is 0. The summed E-state index contributed by atoms with van der Waals surface area (Å²) in [5.74, 6) is -0.666. The molecule has 2 aliphatic rings. The molecule has 0 saturated heterocycles. The van der Waals surface area contributed by atoms with Gasteiger partial charge < -0.3 is 20.7 Å². The van der Waals surface area contributed by atoms with Gasteiger partial charge >= 0.3 is 5.97 Å². The van der Waals surface area contributed by atoms with Gasteiger partial charge in [-0.1, -0.05) is 6.07 Å². The standard InChI is InChI=1S/C21H14N2O4/c22-12-2-5-15-18(8-12)27-19-9-13(23)3-6-16(19)20(15)17-7-11(10-24)1-4-14(17)21(25)26/h1-10,22H,23H2,(H,25,26). The van der Waals surface area contributed by atoms with Crippen molar-refractivity contribution in [1.82, 2.24) is 0 Å². The summed E-state index contributed by atoms with van der Waals surface area (Å²) >= 11 is 0. The Kier molecular flexibility index (Phi) is 3.74. The maximum absolute atomic E-state index is 11.8. The molecule has 132 valence electrons. The number of anilines is 1. The molecule has 0 spiro atoms. The van der Waals surface area contributed by atoms with Crippen LogP contribution in [0.25, 0.3) is 33.4 Å². The lowest BCUT2D eigenvalue weighted by molar-refractivity contribution is 0.0697. The van der Waals surface area contributed by atoms with Crippen molar-refractivity contribution in [3.63, 3.8) is 0 Å². The van der Waals surface area contributed by atoms with E-state index in [0.29, 0.717) is 51.0 Å². The summed E-state index contributed by atoms with van der Waals surface area (Å²) in [4.78, 5) is 23.1. The molecule has 0 aromatic heterocycles. The van der Waals surface area contributed by atoms with Crippen LogP contribution in [0.5, 0.6) is 0 Å². The third-order valence-electron chi connectivity index (χ3n) is 4.43. The van der Waals surface area contributed by atoms with Gasteiger partial charge in [-0.3, -0.25) is 4.79 Å². The lowest BCUT2D eigenvalue weighted by Crippen LogP contribution is -2.04. The van der Waals surface area contributed by atoms with E-state index in [1.54, 1.807) is 42.5 Å². The molecule has 0 radical (unpaired) electrons. The number of nitrogens with two attached hydrogens (primary N) is 1. The van der Waals surface area contributed by atoms with Crippen molar-refractivity contribution in [3.05, 3.63) is 71.1 Å². The number of hydrogen-bond acceptors (Lipinski definition) is 5. The van der Waals surface area contributed by atoms with Gasteiger partial charge in [0.15, 0.2) is 0 Å². The molecular weight excluding hydrogens is 344 g/mol. The zero-order chi connectivity index (χ0) is 19.1. The molecule has 2 aromatic carbocycles. The van der Waals surface area contributed by atoms with Crippen molar-refractivity contribution >= 4 is 28.9 Å². The Morgan fingerprint density at radius 1 is 1.04 bits per heavy atom.